The van der Waals surface area contributed by atoms with Crippen LogP contribution in [0.25, 0.3) is 0 Å². The molecular weight excluding hydrogens is 232 g/mol. The zero-order chi connectivity index (χ0) is 13.2. The third-order valence-corrected chi connectivity index (χ3v) is 2.46. The van der Waals surface area contributed by atoms with Gasteiger partial charge in [-0.25, -0.2) is 4.79 Å². The molecule has 18 heavy (non-hydrogen) atoms. The van der Waals surface area contributed by atoms with E-state index in [4.69, 9.17) is 9.47 Å². The number of ether oxygens (including phenoxy) is 2. The van der Waals surface area contributed by atoms with Crippen LogP contribution in [-0.2, 0) is 9.47 Å². The highest BCUT2D eigenvalue weighted by atomic mass is 16.6. The molecule has 2 amide bonds. The van der Waals surface area contributed by atoms with Crippen LogP contribution in [0.15, 0.2) is 24.3 Å². The van der Waals surface area contributed by atoms with Crippen molar-refractivity contribution in [2.45, 2.75) is 39.1 Å². The monoisotopic (exact) mass is 254 g/mol. The van der Waals surface area contributed by atoms with Crippen molar-refractivity contribution in [2.75, 3.05) is 13.2 Å². The summed E-state index contributed by atoms with van der Waals surface area (Å²) >= 11 is 0. The van der Waals surface area contributed by atoms with Gasteiger partial charge in [-0.1, -0.05) is 24.3 Å². The molecule has 0 aliphatic carbocycles. The summed E-state index contributed by atoms with van der Waals surface area (Å²) in [6.45, 7) is 5.05. The minimum atomic E-state index is -0.409. The molecule has 0 bridgehead atoms. The molecule has 0 aromatic heterocycles. The SMILES string of the molecule is C/C=C\CCOC1NC(=O)NC1OCC/C=C\C. The van der Waals surface area contributed by atoms with Crippen molar-refractivity contribution in [3.63, 3.8) is 0 Å². The Balaban J connectivity index is 2.27. The largest absolute Gasteiger partial charge is 0.353 e. The molecule has 0 saturated carbocycles. The van der Waals surface area contributed by atoms with Crippen LogP contribution in [0.1, 0.15) is 26.7 Å². The maximum absolute atomic E-state index is 11.2. The van der Waals surface area contributed by atoms with Crippen molar-refractivity contribution in [3.05, 3.63) is 24.3 Å². The first-order chi connectivity index (χ1) is 8.77. The summed E-state index contributed by atoms with van der Waals surface area (Å²) in [5.74, 6) is 0. The van der Waals surface area contributed by atoms with E-state index in [0.29, 0.717) is 13.2 Å². The molecule has 2 unspecified atom stereocenters. The predicted octanol–water partition coefficient (Wildman–Crippen LogP) is 1.92. The Morgan fingerprint density at radius 1 is 1.00 bits per heavy atom. The van der Waals surface area contributed by atoms with Crippen molar-refractivity contribution >= 4 is 6.03 Å². The van der Waals surface area contributed by atoms with E-state index in [1.807, 2.05) is 38.2 Å². The van der Waals surface area contributed by atoms with Gasteiger partial charge in [-0.05, 0) is 26.7 Å². The van der Waals surface area contributed by atoms with Crippen LogP contribution < -0.4 is 10.6 Å². The Labute approximate surface area is 108 Å². The Morgan fingerprint density at radius 3 is 1.83 bits per heavy atom. The molecular formula is C13H22N2O3. The highest BCUT2D eigenvalue weighted by molar-refractivity contribution is 5.76. The van der Waals surface area contributed by atoms with Gasteiger partial charge in [0.25, 0.3) is 0 Å². The molecule has 102 valence electrons. The molecule has 0 aromatic carbocycles. The molecule has 5 heteroatoms. The summed E-state index contributed by atoms with van der Waals surface area (Å²) < 4.78 is 11.1. The van der Waals surface area contributed by atoms with Gasteiger partial charge >= 0.3 is 6.03 Å². The Kier molecular flexibility index (Phi) is 7.13. The average molecular weight is 254 g/mol. The third kappa shape index (κ3) is 5.33. The Morgan fingerprint density at radius 2 is 1.44 bits per heavy atom. The molecule has 1 fully saturated rings. The minimum absolute atomic E-state index is 0.248. The summed E-state index contributed by atoms with van der Waals surface area (Å²) in [4.78, 5) is 11.2. The van der Waals surface area contributed by atoms with Gasteiger partial charge in [-0.15, -0.1) is 0 Å². The lowest BCUT2D eigenvalue weighted by Crippen LogP contribution is -2.38. The number of urea groups is 1. The van der Waals surface area contributed by atoms with Gasteiger partial charge in [0.15, 0.2) is 12.5 Å². The van der Waals surface area contributed by atoms with E-state index in [1.54, 1.807) is 0 Å². The van der Waals surface area contributed by atoms with Crippen LogP contribution in [0, 0.1) is 0 Å². The fourth-order valence-electron chi connectivity index (χ4n) is 1.57. The van der Waals surface area contributed by atoms with Crippen molar-refractivity contribution in [3.8, 4) is 0 Å². The molecule has 2 atom stereocenters. The van der Waals surface area contributed by atoms with Crippen LogP contribution in [0.5, 0.6) is 0 Å². The summed E-state index contributed by atoms with van der Waals surface area (Å²) in [5, 5.41) is 5.36. The number of rotatable bonds is 8. The maximum Gasteiger partial charge on any atom is 0.319 e. The molecule has 1 aliphatic heterocycles. The second-order valence-electron chi connectivity index (χ2n) is 3.92. The lowest BCUT2D eigenvalue weighted by atomic mass is 10.4. The van der Waals surface area contributed by atoms with Crippen LogP contribution in [0.2, 0.25) is 0 Å². The molecule has 1 saturated heterocycles. The first-order valence-corrected chi connectivity index (χ1v) is 6.30. The number of hydrogen-bond acceptors (Lipinski definition) is 3. The van der Waals surface area contributed by atoms with E-state index < -0.39 is 12.5 Å². The summed E-state index contributed by atoms with van der Waals surface area (Å²) in [5.41, 5.74) is 0. The van der Waals surface area contributed by atoms with Gasteiger partial charge in [0, 0.05) is 0 Å². The van der Waals surface area contributed by atoms with Gasteiger partial charge in [0.05, 0.1) is 13.2 Å². The van der Waals surface area contributed by atoms with Crippen LogP contribution in [-0.4, -0.2) is 31.7 Å². The van der Waals surface area contributed by atoms with E-state index >= 15 is 0 Å². The smallest absolute Gasteiger partial charge is 0.319 e. The van der Waals surface area contributed by atoms with E-state index in [1.165, 1.54) is 0 Å². The van der Waals surface area contributed by atoms with E-state index in [9.17, 15) is 4.79 Å². The molecule has 0 spiro atoms. The number of hydrogen-bond donors (Lipinski definition) is 2. The fourth-order valence-corrected chi connectivity index (χ4v) is 1.57. The molecule has 1 aliphatic rings. The van der Waals surface area contributed by atoms with Gasteiger partial charge in [0.1, 0.15) is 0 Å². The molecule has 2 N–H and O–H groups in total. The zero-order valence-corrected chi connectivity index (χ0v) is 11.0. The number of nitrogens with one attached hydrogen (secondary N) is 2. The Hall–Kier alpha value is -1.33. The van der Waals surface area contributed by atoms with Crippen molar-refractivity contribution < 1.29 is 14.3 Å². The fraction of sp³-hybridized carbons (Fsp3) is 0.615. The van der Waals surface area contributed by atoms with E-state index in [0.717, 1.165) is 12.8 Å². The Bertz CT molecular complexity index is 275. The molecule has 0 radical (unpaired) electrons. The normalized spacial score (nSPS) is 23.8. The minimum Gasteiger partial charge on any atom is -0.353 e. The summed E-state index contributed by atoms with van der Waals surface area (Å²) in [6, 6.07) is -0.248. The number of carbonyl (C=O) groups is 1. The summed E-state index contributed by atoms with van der Waals surface area (Å²) in [7, 11) is 0. The van der Waals surface area contributed by atoms with Crippen molar-refractivity contribution in [1.29, 1.82) is 0 Å². The van der Waals surface area contributed by atoms with Crippen LogP contribution in [0.3, 0.4) is 0 Å². The standard InChI is InChI=1S/C13H22N2O3/c1-3-5-7-9-17-11-12(15-13(16)14-11)18-10-8-6-4-2/h3-6,11-12H,7-10H2,1-2H3,(H2,14,15,16)/b5-3-,6-4-. The molecule has 1 heterocycles. The van der Waals surface area contributed by atoms with Gasteiger partial charge < -0.3 is 20.1 Å². The van der Waals surface area contributed by atoms with Gasteiger partial charge in [-0.3, -0.25) is 0 Å². The number of amides is 2. The lowest BCUT2D eigenvalue weighted by Gasteiger charge is -2.18. The number of allylic oxidation sites excluding steroid dienone is 2. The van der Waals surface area contributed by atoms with Crippen molar-refractivity contribution in [1.82, 2.24) is 10.6 Å². The van der Waals surface area contributed by atoms with Crippen molar-refractivity contribution in [2.24, 2.45) is 0 Å². The maximum atomic E-state index is 11.2. The zero-order valence-electron chi connectivity index (χ0n) is 11.0. The van der Waals surface area contributed by atoms with Gasteiger partial charge in [0.2, 0.25) is 0 Å². The first kappa shape index (κ1) is 14.7. The lowest BCUT2D eigenvalue weighted by molar-refractivity contribution is -0.0703. The second kappa shape index (κ2) is 8.72. The predicted molar refractivity (Wildman–Crippen MR) is 70.0 cm³/mol. The third-order valence-electron chi connectivity index (χ3n) is 2.46. The first-order valence-electron chi connectivity index (χ1n) is 6.30. The van der Waals surface area contributed by atoms with E-state index in [-0.39, 0.29) is 6.03 Å². The van der Waals surface area contributed by atoms with Crippen LogP contribution >= 0.6 is 0 Å². The highest BCUT2D eigenvalue weighted by Gasteiger charge is 2.32. The molecule has 5 nitrogen and oxygen atoms in total. The topological polar surface area (TPSA) is 59.6 Å². The van der Waals surface area contributed by atoms with E-state index in [2.05, 4.69) is 10.6 Å². The average Bonchev–Trinajstić information content (AvgIpc) is 2.71. The second-order valence-corrected chi connectivity index (χ2v) is 3.92. The van der Waals surface area contributed by atoms with Crippen LogP contribution in [0.4, 0.5) is 4.79 Å². The van der Waals surface area contributed by atoms with Gasteiger partial charge in [-0.2, -0.15) is 0 Å². The number of carbonyl (C=O) groups excluding carboxylic acids is 1. The summed E-state index contributed by atoms with van der Waals surface area (Å²) in [6.07, 6.45) is 8.82. The molecule has 0 aromatic rings. The highest BCUT2D eigenvalue weighted by Crippen LogP contribution is 2.06. The molecule has 1 rings (SSSR count). The quantitative estimate of drug-likeness (QED) is 0.514.